The van der Waals surface area contributed by atoms with Gasteiger partial charge in [0.15, 0.2) is 6.29 Å². The highest BCUT2D eigenvalue weighted by molar-refractivity contribution is 7.17. The summed E-state index contributed by atoms with van der Waals surface area (Å²) in [6.07, 6.45) is 0.241. The van der Waals surface area contributed by atoms with Crippen molar-refractivity contribution >= 4 is 27.5 Å². The molecule has 0 aromatic carbocycles. The van der Waals surface area contributed by atoms with Crippen LogP contribution in [0.1, 0.15) is 26.7 Å². The van der Waals surface area contributed by atoms with Crippen LogP contribution in [0.5, 0.6) is 0 Å². The zero-order valence-electron chi connectivity index (χ0n) is 14.4. The molecule has 0 fully saturated rings. The van der Waals surface area contributed by atoms with Gasteiger partial charge in [-0.2, -0.15) is 0 Å². The Morgan fingerprint density at radius 3 is 2.72 bits per heavy atom. The number of fused-ring (bicyclic) bond motifs is 1. The average Bonchev–Trinajstić information content (AvgIpc) is 3.03. The first-order valence-electron chi connectivity index (χ1n) is 8.27. The van der Waals surface area contributed by atoms with Crippen LogP contribution in [0, 0.1) is 0 Å². The Kier molecular flexibility index (Phi) is 7.35. The molecule has 8 nitrogen and oxygen atoms in total. The number of hydrogen-bond acceptors (Lipinski definition) is 6. The second kappa shape index (κ2) is 9.50. The predicted molar refractivity (Wildman–Crippen MR) is 96.0 cm³/mol. The Bertz CT molecular complexity index is 804. The standard InChI is InChI=1S/C16H23N3O5S/c1-3-23-13(24-4-2)5-8-17-12(20)6-9-19-15(21)14-11(7-10-25-14)18-16(19)22/h7,10,13H,3-6,8-9H2,1-2H3,(H,17,20)(H,18,22). The van der Waals surface area contributed by atoms with Crippen LogP contribution < -0.4 is 16.6 Å². The van der Waals surface area contributed by atoms with Gasteiger partial charge in [-0.15, -0.1) is 11.3 Å². The van der Waals surface area contributed by atoms with Crippen molar-refractivity contribution in [3.63, 3.8) is 0 Å². The van der Waals surface area contributed by atoms with Gasteiger partial charge in [-0.05, 0) is 25.3 Å². The van der Waals surface area contributed by atoms with E-state index in [2.05, 4.69) is 10.3 Å². The molecule has 0 unspecified atom stereocenters. The molecule has 0 aliphatic carbocycles. The molecule has 2 N–H and O–H groups in total. The van der Waals surface area contributed by atoms with Crippen LogP contribution in [0.4, 0.5) is 0 Å². The van der Waals surface area contributed by atoms with E-state index in [1.54, 1.807) is 11.4 Å². The molecule has 9 heteroatoms. The zero-order valence-corrected chi connectivity index (χ0v) is 15.2. The molecule has 0 atom stereocenters. The van der Waals surface area contributed by atoms with E-state index < -0.39 is 5.69 Å². The molecule has 0 saturated heterocycles. The second-order valence-electron chi connectivity index (χ2n) is 5.28. The molecule has 2 heterocycles. The minimum Gasteiger partial charge on any atom is -0.356 e. The van der Waals surface area contributed by atoms with E-state index >= 15 is 0 Å². The van der Waals surface area contributed by atoms with Crippen molar-refractivity contribution in [3.8, 4) is 0 Å². The maximum atomic E-state index is 12.3. The minimum absolute atomic E-state index is 0.0359. The summed E-state index contributed by atoms with van der Waals surface area (Å²) in [6, 6.07) is 1.69. The van der Waals surface area contributed by atoms with Crippen molar-refractivity contribution in [2.45, 2.75) is 39.5 Å². The number of H-pyrrole nitrogens is 1. The van der Waals surface area contributed by atoms with Gasteiger partial charge in [0.25, 0.3) is 5.56 Å². The van der Waals surface area contributed by atoms with Gasteiger partial charge in [0, 0.05) is 39.1 Å². The maximum absolute atomic E-state index is 12.3. The number of hydrogen-bond donors (Lipinski definition) is 2. The first-order valence-corrected chi connectivity index (χ1v) is 9.15. The fourth-order valence-corrected chi connectivity index (χ4v) is 3.19. The summed E-state index contributed by atoms with van der Waals surface area (Å²) < 4.78 is 12.3. The summed E-state index contributed by atoms with van der Waals surface area (Å²) in [5, 5.41) is 4.49. The largest absolute Gasteiger partial charge is 0.356 e. The molecule has 0 bridgehead atoms. The van der Waals surface area contributed by atoms with Crippen LogP contribution in [0.2, 0.25) is 0 Å². The minimum atomic E-state index is -0.503. The van der Waals surface area contributed by atoms with E-state index in [-0.39, 0.29) is 30.7 Å². The fourth-order valence-electron chi connectivity index (χ4n) is 2.39. The summed E-state index contributed by atoms with van der Waals surface area (Å²) in [4.78, 5) is 38.8. The smallest absolute Gasteiger partial charge is 0.328 e. The summed E-state index contributed by atoms with van der Waals surface area (Å²) >= 11 is 1.27. The Balaban J connectivity index is 1.86. The van der Waals surface area contributed by atoms with Crippen molar-refractivity contribution in [2.75, 3.05) is 19.8 Å². The number of thiophene rings is 1. The highest BCUT2D eigenvalue weighted by atomic mass is 32.1. The number of carbonyl (C=O) groups excluding carboxylic acids is 1. The van der Waals surface area contributed by atoms with Crippen LogP contribution in [-0.2, 0) is 20.8 Å². The Morgan fingerprint density at radius 2 is 2.04 bits per heavy atom. The number of aromatic amines is 1. The average molecular weight is 369 g/mol. The lowest BCUT2D eigenvalue weighted by Gasteiger charge is -2.17. The van der Waals surface area contributed by atoms with Gasteiger partial charge in [-0.25, -0.2) is 4.79 Å². The summed E-state index contributed by atoms with van der Waals surface area (Å²) in [7, 11) is 0. The molecule has 0 saturated carbocycles. The number of nitrogens with one attached hydrogen (secondary N) is 2. The van der Waals surface area contributed by atoms with E-state index in [0.29, 0.717) is 36.4 Å². The van der Waals surface area contributed by atoms with Crippen LogP contribution in [0.3, 0.4) is 0 Å². The van der Waals surface area contributed by atoms with Crippen LogP contribution in [-0.4, -0.2) is 41.5 Å². The zero-order chi connectivity index (χ0) is 18.2. The van der Waals surface area contributed by atoms with Gasteiger partial charge < -0.3 is 19.8 Å². The monoisotopic (exact) mass is 369 g/mol. The van der Waals surface area contributed by atoms with E-state index in [0.717, 1.165) is 4.57 Å². The molecule has 25 heavy (non-hydrogen) atoms. The van der Waals surface area contributed by atoms with Gasteiger partial charge in [-0.3, -0.25) is 14.2 Å². The summed E-state index contributed by atoms with van der Waals surface area (Å²) in [6.45, 7) is 5.27. The fraction of sp³-hybridized carbons (Fsp3) is 0.562. The van der Waals surface area contributed by atoms with Gasteiger partial charge in [-0.1, -0.05) is 0 Å². The van der Waals surface area contributed by atoms with Crippen LogP contribution in [0.25, 0.3) is 10.2 Å². The lowest BCUT2D eigenvalue weighted by Crippen LogP contribution is -2.36. The number of carbonyl (C=O) groups is 1. The maximum Gasteiger partial charge on any atom is 0.328 e. The molecule has 0 aliphatic rings. The van der Waals surface area contributed by atoms with Gasteiger partial charge >= 0.3 is 5.69 Å². The normalized spacial score (nSPS) is 11.3. The van der Waals surface area contributed by atoms with Crippen molar-refractivity contribution < 1.29 is 14.3 Å². The Morgan fingerprint density at radius 1 is 1.32 bits per heavy atom. The molecule has 138 valence electrons. The molecule has 2 aromatic rings. The number of aromatic nitrogens is 2. The Hall–Kier alpha value is -1.97. The highest BCUT2D eigenvalue weighted by Gasteiger charge is 2.11. The number of amides is 1. The second-order valence-corrected chi connectivity index (χ2v) is 6.20. The number of ether oxygens (including phenoxy) is 2. The molecular weight excluding hydrogens is 346 g/mol. The third kappa shape index (κ3) is 5.25. The molecule has 1 amide bonds. The van der Waals surface area contributed by atoms with Gasteiger partial charge in [0.05, 0.1) is 5.52 Å². The van der Waals surface area contributed by atoms with Crippen molar-refractivity contribution in [3.05, 3.63) is 32.3 Å². The number of nitrogens with zero attached hydrogens (tertiary/aromatic N) is 1. The van der Waals surface area contributed by atoms with E-state index in [1.165, 1.54) is 11.3 Å². The number of rotatable bonds is 10. The molecular formula is C16H23N3O5S. The SMILES string of the molecule is CCOC(CCNC(=O)CCn1c(=O)[nH]c2ccsc2c1=O)OCC. The van der Waals surface area contributed by atoms with E-state index in [9.17, 15) is 14.4 Å². The third-order valence-corrected chi connectivity index (χ3v) is 4.46. The highest BCUT2D eigenvalue weighted by Crippen LogP contribution is 2.12. The molecule has 2 rings (SSSR count). The molecule has 2 aromatic heterocycles. The molecule has 0 radical (unpaired) electrons. The van der Waals surface area contributed by atoms with Crippen LogP contribution >= 0.6 is 11.3 Å². The van der Waals surface area contributed by atoms with E-state index in [4.69, 9.17) is 9.47 Å². The summed E-state index contributed by atoms with van der Waals surface area (Å²) in [5.74, 6) is -0.232. The van der Waals surface area contributed by atoms with Gasteiger partial charge in [0.2, 0.25) is 5.91 Å². The first kappa shape index (κ1) is 19.4. The lowest BCUT2D eigenvalue weighted by molar-refractivity contribution is -0.139. The van der Waals surface area contributed by atoms with Crippen molar-refractivity contribution in [1.29, 1.82) is 0 Å². The molecule has 0 spiro atoms. The molecule has 0 aliphatic heterocycles. The topological polar surface area (TPSA) is 102 Å². The Labute approximate surface area is 148 Å². The third-order valence-electron chi connectivity index (χ3n) is 3.56. The van der Waals surface area contributed by atoms with Crippen molar-refractivity contribution in [2.24, 2.45) is 0 Å². The quantitative estimate of drug-likeness (QED) is 0.610. The van der Waals surface area contributed by atoms with Crippen molar-refractivity contribution in [1.82, 2.24) is 14.9 Å². The predicted octanol–water partition coefficient (Wildman–Crippen LogP) is 1.05. The van der Waals surface area contributed by atoms with Gasteiger partial charge in [0.1, 0.15) is 4.70 Å². The lowest BCUT2D eigenvalue weighted by atomic mass is 10.3. The first-order chi connectivity index (χ1) is 12.1. The van der Waals surface area contributed by atoms with Crippen LogP contribution in [0.15, 0.2) is 21.0 Å². The summed E-state index contributed by atoms with van der Waals surface area (Å²) in [5.41, 5.74) is -0.343. The van der Waals surface area contributed by atoms with E-state index in [1.807, 2.05) is 13.8 Å².